The summed E-state index contributed by atoms with van der Waals surface area (Å²) < 4.78 is 44.0. The van der Waals surface area contributed by atoms with Gasteiger partial charge in [-0.1, -0.05) is 17.7 Å². The first-order valence-corrected chi connectivity index (χ1v) is 9.21. The molecule has 0 spiro atoms. The molecule has 10 heteroatoms. The summed E-state index contributed by atoms with van der Waals surface area (Å²) >= 11 is 6.34. The van der Waals surface area contributed by atoms with Crippen molar-refractivity contribution in [3.63, 3.8) is 0 Å². The van der Waals surface area contributed by atoms with Gasteiger partial charge in [0.1, 0.15) is 6.04 Å². The number of hydrogen-bond acceptors (Lipinski definition) is 4. The van der Waals surface area contributed by atoms with Gasteiger partial charge >= 0.3 is 12.2 Å². The molecule has 0 aliphatic carbocycles. The van der Waals surface area contributed by atoms with Crippen molar-refractivity contribution in [2.75, 3.05) is 56.2 Å². The maximum absolute atomic E-state index is 12.9. The monoisotopic (exact) mass is 406 g/mol. The van der Waals surface area contributed by atoms with E-state index in [0.717, 1.165) is 0 Å². The standard InChI is InChI=1S/C17H22ClF3N4O2/c18-12-2-1-3-13(15(12)24-8-10-27-11-9-24)23-16(26)25-6-4-14(17(19,20)21)22-5-7-25/h1-3,14,22H,4-11H2,(H,23,26). The fourth-order valence-corrected chi connectivity index (χ4v) is 3.57. The summed E-state index contributed by atoms with van der Waals surface area (Å²) in [6, 6.07) is 3.18. The molecule has 6 nitrogen and oxygen atoms in total. The molecule has 2 saturated heterocycles. The fourth-order valence-electron chi connectivity index (χ4n) is 3.27. The Kier molecular flexibility index (Phi) is 6.33. The number of carbonyl (C=O) groups excluding carboxylic acids is 1. The van der Waals surface area contributed by atoms with Crippen molar-refractivity contribution in [2.45, 2.75) is 18.6 Å². The Bertz CT molecular complexity index is 668. The Labute approximate surface area is 160 Å². The average Bonchev–Trinajstić information content (AvgIpc) is 2.89. The molecule has 1 atom stereocenters. The maximum Gasteiger partial charge on any atom is 0.403 e. The summed E-state index contributed by atoms with van der Waals surface area (Å²) in [4.78, 5) is 16.1. The van der Waals surface area contributed by atoms with Crippen LogP contribution >= 0.6 is 11.6 Å². The zero-order valence-electron chi connectivity index (χ0n) is 14.7. The largest absolute Gasteiger partial charge is 0.403 e. The number of ether oxygens (including phenoxy) is 1. The van der Waals surface area contributed by atoms with Crippen molar-refractivity contribution >= 4 is 29.0 Å². The first kappa shape index (κ1) is 20.0. The van der Waals surface area contributed by atoms with Crippen molar-refractivity contribution in [1.82, 2.24) is 10.2 Å². The zero-order chi connectivity index (χ0) is 19.4. The van der Waals surface area contributed by atoms with E-state index in [2.05, 4.69) is 10.6 Å². The van der Waals surface area contributed by atoms with Gasteiger partial charge in [0, 0.05) is 32.7 Å². The lowest BCUT2D eigenvalue weighted by Crippen LogP contribution is -2.42. The number of para-hydroxylation sites is 1. The van der Waals surface area contributed by atoms with Crippen molar-refractivity contribution in [1.29, 1.82) is 0 Å². The van der Waals surface area contributed by atoms with Crippen LogP contribution in [0.3, 0.4) is 0 Å². The zero-order valence-corrected chi connectivity index (χ0v) is 15.4. The van der Waals surface area contributed by atoms with Gasteiger partial charge in [0.25, 0.3) is 0 Å². The van der Waals surface area contributed by atoms with E-state index in [4.69, 9.17) is 16.3 Å². The number of nitrogens with one attached hydrogen (secondary N) is 2. The lowest BCUT2D eigenvalue weighted by atomic mass is 10.2. The van der Waals surface area contributed by atoms with Crippen molar-refractivity contribution in [3.8, 4) is 0 Å². The van der Waals surface area contributed by atoms with Crippen LogP contribution in [0.25, 0.3) is 0 Å². The smallest absolute Gasteiger partial charge is 0.378 e. The highest BCUT2D eigenvalue weighted by Crippen LogP contribution is 2.34. The lowest BCUT2D eigenvalue weighted by molar-refractivity contribution is -0.156. The third kappa shape index (κ3) is 4.97. The molecule has 27 heavy (non-hydrogen) atoms. The highest BCUT2D eigenvalue weighted by atomic mass is 35.5. The predicted octanol–water partition coefficient (Wildman–Crippen LogP) is 2.93. The Morgan fingerprint density at radius 1 is 1.22 bits per heavy atom. The van der Waals surface area contributed by atoms with E-state index in [-0.39, 0.29) is 26.1 Å². The van der Waals surface area contributed by atoms with Crippen LogP contribution in [0.1, 0.15) is 6.42 Å². The molecular weight excluding hydrogens is 385 g/mol. The summed E-state index contributed by atoms with van der Waals surface area (Å²) in [5.41, 5.74) is 1.25. The molecule has 2 fully saturated rings. The Morgan fingerprint density at radius 2 is 1.96 bits per heavy atom. The quantitative estimate of drug-likeness (QED) is 0.793. The first-order chi connectivity index (χ1) is 12.9. The van der Waals surface area contributed by atoms with Crippen LogP contribution in [0.5, 0.6) is 0 Å². The molecule has 0 saturated carbocycles. The van der Waals surface area contributed by atoms with Gasteiger partial charge in [0.15, 0.2) is 0 Å². The summed E-state index contributed by atoms with van der Waals surface area (Å²) in [5, 5.41) is 5.77. The summed E-state index contributed by atoms with van der Waals surface area (Å²) in [7, 11) is 0. The van der Waals surface area contributed by atoms with Gasteiger partial charge in [-0.05, 0) is 18.6 Å². The van der Waals surface area contributed by atoms with E-state index in [1.807, 2.05) is 4.90 Å². The molecule has 1 aromatic carbocycles. The van der Waals surface area contributed by atoms with Crippen LogP contribution in [0.2, 0.25) is 5.02 Å². The number of halogens is 4. The van der Waals surface area contributed by atoms with Crippen LogP contribution < -0.4 is 15.5 Å². The molecule has 2 aliphatic rings. The van der Waals surface area contributed by atoms with Gasteiger partial charge in [0.2, 0.25) is 0 Å². The third-order valence-corrected chi connectivity index (χ3v) is 5.00. The number of benzene rings is 1. The molecule has 0 radical (unpaired) electrons. The van der Waals surface area contributed by atoms with E-state index >= 15 is 0 Å². The van der Waals surface area contributed by atoms with E-state index in [9.17, 15) is 18.0 Å². The molecule has 150 valence electrons. The molecule has 2 aliphatic heterocycles. The van der Waals surface area contributed by atoms with Gasteiger partial charge < -0.3 is 25.2 Å². The fraction of sp³-hybridized carbons (Fsp3) is 0.588. The first-order valence-electron chi connectivity index (χ1n) is 8.83. The van der Waals surface area contributed by atoms with Gasteiger partial charge in [-0.3, -0.25) is 0 Å². The number of alkyl halides is 3. The van der Waals surface area contributed by atoms with Gasteiger partial charge in [0.05, 0.1) is 29.6 Å². The van der Waals surface area contributed by atoms with E-state index < -0.39 is 18.2 Å². The number of amides is 2. The highest BCUT2D eigenvalue weighted by Gasteiger charge is 2.40. The number of urea groups is 1. The Balaban J connectivity index is 1.70. The third-order valence-electron chi connectivity index (χ3n) is 4.70. The second kappa shape index (κ2) is 8.53. The lowest BCUT2D eigenvalue weighted by Gasteiger charge is -2.32. The number of nitrogens with zero attached hydrogens (tertiary/aromatic N) is 2. The molecule has 2 amide bonds. The molecular formula is C17H22ClF3N4O2. The Morgan fingerprint density at radius 3 is 2.67 bits per heavy atom. The van der Waals surface area contributed by atoms with E-state index in [1.165, 1.54) is 4.90 Å². The molecule has 2 heterocycles. The van der Waals surface area contributed by atoms with Gasteiger partial charge in [-0.15, -0.1) is 0 Å². The number of rotatable bonds is 2. The normalized spacial score (nSPS) is 21.7. The summed E-state index contributed by atoms with van der Waals surface area (Å²) in [6.07, 6.45) is -4.49. The van der Waals surface area contributed by atoms with Crippen molar-refractivity contribution in [2.24, 2.45) is 0 Å². The van der Waals surface area contributed by atoms with Crippen LogP contribution in [-0.4, -0.2) is 69.1 Å². The second-order valence-corrected chi connectivity index (χ2v) is 6.90. The van der Waals surface area contributed by atoms with Crippen LogP contribution in [0.15, 0.2) is 18.2 Å². The SMILES string of the molecule is O=C(Nc1cccc(Cl)c1N1CCOCC1)N1CCNC(C(F)(F)F)CC1. The molecule has 1 aromatic rings. The van der Waals surface area contributed by atoms with E-state index in [0.29, 0.717) is 42.7 Å². The summed E-state index contributed by atoms with van der Waals surface area (Å²) in [5.74, 6) is 0. The van der Waals surface area contributed by atoms with Crippen LogP contribution in [0.4, 0.5) is 29.3 Å². The number of morpholine rings is 1. The van der Waals surface area contributed by atoms with Crippen molar-refractivity contribution < 1.29 is 22.7 Å². The van der Waals surface area contributed by atoms with Gasteiger partial charge in [-0.25, -0.2) is 4.79 Å². The topological polar surface area (TPSA) is 56.8 Å². The Hall–Kier alpha value is -1.71. The number of anilines is 2. The summed E-state index contributed by atoms with van der Waals surface area (Å²) in [6.45, 7) is 2.73. The molecule has 3 rings (SSSR count). The highest BCUT2D eigenvalue weighted by molar-refractivity contribution is 6.34. The minimum Gasteiger partial charge on any atom is -0.378 e. The maximum atomic E-state index is 12.9. The molecule has 0 bridgehead atoms. The minimum absolute atomic E-state index is 0.0243. The second-order valence-electron chi connectivity index (χ2n) is 6.49. The predicted molar refractivity (Wildman–Crippen MR) is 97.5 cm³/mol. The average molecular weight is 407 g/mol. The number of hydrogen-bond donors (Lipinski definition) is 2. The van der Waals surface area contributed by atoms with E-state index in [1.54, 1.807) is 18.2 Å². The van der Waals surface area contributed by atoms with Crippen molar-refractivity contribution in [3.05, 3.63) is 23.2 Å². The van der Waals surface area contributed by atoms with Gasteiger partial charge in [-0.2, -0.15) is 13.2 Å². The number of carbonyl (C=O) groups is 1. The minimum atomic E-state index is -4.32. The molecule has 2 N–H and O–H groups in total. The molecule has 1 unspecified atom stereocenters. The van der Waals surface area contributed by atoms with Crippen LogP contribution in [0, 0.1) is 0 Å². The van der Waals surface area contributed by atoms with Crippen LogP contribution in [-0.2, 0) is 4.74 Å². The molecule has 0 aromatic heterocycles.